The zero-order valence-corrected chi connectivity index (χ0v) is 9.80. The number of nitrogens with zero attached hydrogens (tertiary/aromatic N) is 2. The molecule has 0 unspecified atom stereocenters. The Kier molecular flexibility index (Phi) is 3.54. The van der Waals surface area contributed by atoms with Crippen molar-refractivity contribution in [2.45, 2.75) is 50.4 Å². The lowest BCUT2D eigenvalue weighted by atomic mass is 9.84. The van der Waals surface area contributed by atoms with Crippen LogP contribution in [0.3, 0.4) is 0 Å². The molecule has 1 fully saturated rings. The predicted molar refractivity (Wildman–Crippen MR) is 57.7 cm³/mol. The van der Waals surface area contributed by atoms with Crippen LogP contribution in [0.15, 0.2) is 12.4 Å². The number of aromatic nitrogens is 2. The molecule has 2 nitrogen and oxygen atoms in total. The number of hydrogen-bond acceptors (Lipinski definition) is 2. The normalized spacial score (nSPS) is 19.8. The Balaban J connectivity index is 2.06. The van der Waals surface area contributed by atoms with Crippen molar-refractivity contribution < 1.29 is 17.6 Å². The Morgan fingerprint density at radius 3 is 2.11 bits per heavy atom. The highest BCUT2D eigenvalue weighted by Crippen LogP contribution is 2.34. The van der Waals surface area contributed by atoms with Crippen molar-refractivity contribution in [1.29, 1.82) is 0 Å². The summed E-state index contributed by atoms with van der Waals surface area (Å²) in [4.78, 5) is 7.23. The van der Waals surface area contributed by atoms with Crippen molar-refractivity contribution in [3.8, 4) is 0 Å². The molecular formula is C12H14F4N2. The van der Waals surface area contributed by atoms with Crippen LogP contribution in [-0.4, -0.2) is 15.6 Å². The summed E-state index contributed by atoms with van der Waals surface area (Å²) in [5.41, 5.74) is -2.25. The Labute approximate surface area is 102 Å². The Morgan fingerprint density at radius 1 is 1.06 bits per heavy atom. The van der Waals surface area contributed by atoms with Gasteiger partial charge in [0.2, 0.25) is 0 Å². The van der Waals surface area contributed by atoms with E-state index in [9.17, 15) is 17.6 Å². The van der Waals surface area contributed by atoms with E-state index >= 15 is 0 Å². The zero-order chi connectivity index (χ0) is 13.2. The third-order valence-corrected chi connectivity index (χ3v) is 3.26. The molecule has 100 valence electrons. The first-order valence-electron chi connectivity index (χ1n) is 5.96. The van der Waals surface area contributed by atoms with Gasteiger partial charge in [0, 0.05) is 18.8 Å². The quantitative estimate of drug-likeness (QED) is 0.759. The van der Waals surface area contributed by atoms with E-state index < -0.39 is 17.4 Å². The van der Waals surface area contributed by atoms with Crippen LogP contribution in [0.25, 0.3) is 0 Å². The molecule has 0 N–H and O–H groups in total. The van der Waals surface area contributed by atoms with Gasteiger partial charge in [-0.3, -0.25) is 0 Å². The third kappa shape index (κ3) is 3.17. The largest absolute Gasteiger partial charge is 0.419 e. The van der Waals surface area contributed by atoms with Gasteiger partial charge < -0.3 is 0 Å². The molecule has 6 heteroatoms. The fourth-order valence-electron chi connectivity index (χ4n) is 2.24. The lowest BCUT2D eigenvalue weighted by molar-refractivity contribution is -0.138. The van der Waals surface area contributed by atoms with Gasteiger partial charge in [0.05, 0.1) is 5.56 Å². The first-order chi connectivity index (χ1) is 8.39. The van der Waals surface area contributed by atoms with Gasteiger partial charge in [-0.05, 0) is 12.8 Å². The van der Waals surface area contributed by atoms with Crippen molar-refractivity contribution in [3.05, 3.63) is 23.8 Å². The molecule has 1 saturated carbocycles. The third-order valence-electron chi connectivity index (χ3n) is 3.26. The van der Waals surface area contributed by atoms with Crippen LogP contribution in [-0.2, 0) is 12.6 Å². The molecule has 1 aromatic rings. The van der Waals surface area contributed by atoms with Crippen molar-refractivity contribution >= 4 is 0 Å². The molecule has 0 aromatic carbocycles. The SMILES string of the molecule is FC1(Cc2ncc(C(F)(F)F)cn2)CCCCC1. The minimum absolute atomic E-state index is 0.00510. The Bertz CT molecular complexity index is 394. The topological polar surface area (TPSA) is 25.8 Å². The molecule has 0 bridgehead atoms. The van der Waals surface area contributed by atoms with Crippen LogP contribution < -0.4 is 0 Å². The molecule has 0 amide bonds. The summed E-state index contributed by atoms with van der Waals surface area (Å²) in [7, 11) is 0. The van der Waals surface area contributed by atoms with Crippen LogP contribution in [0.4, 0.5) is 17.6 Å². The first-order valence-corrected chi connectivity index (χ1v) is 5.96. The van der Waals surface area contributed by atoms with Crippen LogP contribution >= 0.6 is 0 Å². The average molecular weight is 262 g/mol. The van der Waals surface area contributed by atoms with Crippen LogP contribution in [0, 0.1) is 0 Å². The maximum atomic E-state index is 14.3. The van der Waals surface area contributed by atoms with Gasteiger partial charge in [-0.25, -0.2) is 14.4 Å². The monoisotopic (exact) mass is 262 g/mol. The standard InChI is InChI=1S/C12H14F4N2/c13-11(4-2-1-3-5-11)6-10-17-7-9(8-18-10)12(14,15)16/h7-8H,1-6H2. The van der Waals surface area contributed by atoms with Gasteiger partial charge in [0.25, 0.3) is 0 Å². The molecular weight excluding hydrogens is 248 g/mol. The number of halogens is 4. The summed E-state index contributed by atoms with van der Waals surface area (Å²) in [6.07, 6.45) is 0.521. The molecule has 0 saturated heterocycles. The molecule has 1 aliphatic carbocycles. The van der Waals surface area contributed by atoms with Gasteiger partial charge in [-0.1, -0.05) is 19.3 Å². The summed E-state index contributed by atoms with van der Waals surface area (Å²) < 4.78 is 51.2. The van der Waals surface area contributed by atoms with Gasteiger partial charge in [-0.2, -0.15) is 13.2 Å². The van der Waals surface area contributed by atoms with E-state index in [2.05, 4.69) is 9.97 Å². The predicted octanol–water partition coefficient (Wildman–Crippen LogP) is 3.71. The van der Waals surface area contributed by atoms with Gasteiger partial charge >= 0.3 is 6.18 Å². The van der Waals surface area contributed by atoms with E-state index in [0.29, 0.717) is 25.2 Å². The van der Waals surface area contributed by atoms with Crippen LogP contribution in [0.1, 0.15) is 43.5 Å². The molecule has 1 aliphatic rings. The van der Waals surface area contributed by atoms with Gasteiger partial charge in [-0.15, -0.1) is 0 Å². The van der Waals surface area contributed by atoms with E-state index in [0.717, 1.165) is 19.3 Å². The molecule has 18 heavy (non-hydrogen) atoms. The van der Waals surface area contributed by atoms with Gasteiger partial charge in [0.15, 0.2) is 0 Å². The molecule has 1 aromatic heterocycles. The van der Waals surface area contributed by atoms with E-state index in [-0.39, 0.29) is 12.2 Å². The summed E-state index contributed by atoms with van der Waals surface area (Å²) in [6.45, 7) is 0. The van der Waals surface area contributed by atoms with E-state index in [1.54, 1.807) is 0 Å². The summed E-state index contributed by atoms with van der Waals surface area (Å²) in [6, 6.07) is 0. The highest BCUT2D eigenvalue weighted by Gasteiger charge is 2.34. The van der Waals surface area contributed by atoms with Crippen LogP contribution in [0.2, 0.25) is 0 Å². The fourth-order valence-corrected chi connectivity index (χ4v) is 2.24. The maximum absolute atomic E-state index is 14.3. The molecule has 1 heterocycles. The summed E-state index contributed by atoms with van der Waals surface area (Å²) in [5, 5.41) is 0. The molecule has 2 rings (SSSR count). The fraction of sp³-hybridized carbons (Fsp3) is 0.667. The Hall–Kier alpha value is -1.20. The number of alkyl halides is 4. The second kappa shape index (κ2) is 4.82. The summed E-state index contributed by atoms with van der Waals surface area (Å²) >= 11 is 0. The van der Waals surface area contributed by atoms with Crippen molar-refractivity contribution in [1.82, 2.24) is 9.97 Å². The van der Waals surface area contributed by atoms with Crippen molar-refractivity contribution in [2.75, 3.05) is 0 Å². The molecule has 0 spiro atoms. The Morgan fingerprint density at radius 2 is 1.61 bits per heavy atom. The minimum Gasteiger partial charge on any atom is -0.243 e. The van der Waals surface area contributed by atoms with Crippen LogP contribution in [0.5, 0.6) is 0 Å². The molecule has 0 atom stereocenters. The van der Waals surface area contributed by atoms with Crippen molar-refractivity contribution in [2.24, 2.45) is 0 Å². The first kappa shape index (κ1) is 13.2. The molecule has 0 aliphatic heterocycles. The highest BCUT2D eigenvalue weighted by atomic mass is 19.4. The number of hydrogen-bond donors (Lipinski definition) is 0. The smallest absolute Gasteiger partial charge is 0.243 e. The minimum atomic E-state index is -4.45. The maximum Gasteiger partial charge on any atom is 0.419 e. The number of rotatable bonds is 2. The van der Waals surface area contributed by atoms with E-state index in [1.165, 1.54) is 0 Å². The molecule has 0 radical (unpaired) electrons. The lowest BCUT2D eigenvalue weighted by Gasteiger charge is -2.28. The average Bonchev–Trinajstić information content (AvgIpc) is 2.29. The highest BCUT2D eigenvalue weighted by molar-refractivity contribution is 5.10. The zero-order valence-electron chi connectivity index (χ0n) is 9.80. The van der Waals surface area contributed by atoms with E-state index in [4.69, 9.17) is 0 Å². The van der Waals surface area contributed by atoms with Crippen molar-refractivity contribution in [3.63, 3.8) is 0 Å². The van der Waals surface area contributed by atoms with Gasteiger partial charge in [0.1, 0.15) is 11.5 Å². The summed E-state index contributed by atoms with van der Waals surface area (Å²) in [5.74, 6) is 0.146. The second-order valence-electron chi connectivity index (χ2n) is 4.77. The van der Waals surface area contributed by atoms with E-state index in [1.807, 2.05) is 0 Å². The lowest BCUT2D eigenvalue weighted by Crippen LogP contribution is -2.29. The second-order valence-corrected chi connectivity index (χ2v) is 4.77.